The van der Waals surface area contributed by atoms with Crippen LogP contribution in [0, 0.1) is 13.8 Å². The van der Waals surface area contributed by atoms with Crippen LogP contribution in [-0.4, -0.2) is 49.1 Å². The zero-order valence-electron chi connectivity index (χ0n) is 22.1. The van der Waals surface area contributed by atoms with Crippen LogP contribution >= 0.6 is 15.9 Å². The van der Waals surface area contributed by atoms with Crippen LogP contribution in [0.4, 0.5) is 0 Å². The summed E-state index contributed by atoms with van der Waals surface area (Å²) in [4.78, 5) is 27.6. The molecule has 0 unspecified atom stereocenters. The highest BCUT2D eigenvalue weighted by molar-refractivity contribution is 9.10. The number of nitrogens with zero attached hydrogens (tertiary/aromatic N) is 1. The van der Waals surface area contributed by atoms with Crippen LogP contribution in [0.15, 0.2) is 50.1 Å². The molecule has 202 valence electrons. The molecule has 2 aromatic carbocycles. The lowest BCUT2D eigenvalue weighted by molar-refractivity contribution is -0.121. The van der Waals surface area contributed by atoms with Crippen molar-refractivity contribution in [2.45, 2.75) is 64.6 Å². The minimum Gasteiger partial charge on any atom is -0.489 e. The van der Waals surface area contributed by atoms with E-state index in [1.54, 1.807) is 6.07 Å². The predicted octanol–water partition coefficient (Wildman–Crippen LogP) is 4.63. The number of benzene rings is 2. The quantitative estimate of drug-likeness (QED) is 0.396. The molecule has 2 saturated heterocycles. The van der Waals surface area contributed by atoms with Crippen molar-refractivity contribution >= 4 is 32.8 Å². The number of halogens is 1. The number of hydrogen-bond donors (Lipinski definition) is 2. The Morgan fingerprint density at radius 3 is 2.55 bits per heavy atom. The van der Waals surface area contributed by atoms with E-state index in [1.165, 1.54) is 5.56 Å². The summed E-state index contributed by atoms with van der Waals surface area (Å²) in [5.74, 6) is 0.778. The molecule has 0 spiro atoms. The van der Waals surface area contributed by atoms with Crippen LogP contribution in [0.1, 0.15) is 47.9 Å². The van der Waals surface area contributed by atoms with E-state index in [9.17, 15) is 9.59 Å². The van der Waals surface area contributed by atoms with Gasteiger partial charge in [-0.3, -0.25) is 9.69 Å². The maximum Gasteiger partial charge on any atom is 0.339 e. The van der Waals surface area contributed by atoms with Gasteiger partial charge in [-0.2, -0.15) is 0 Å². The fourth-order valence-corrected chi connectivity index (χ4v) is 5.84. The maximum atomic E-state index is 12.7. The van der Waals surface area contributed by atoms with Gasteiger partial charge < -0.3 is 19.8 Å². The highest BCUT2D eigenvalue weighted by Crippen LogP contribution is 2.29. The van der Waals surface area contributed by atoms with Gasteiger partial charge in [-0.15, -0.1) is 0 Å². The van der Waals surface area contributed by atoms with Crippen LogP contribution < -0.4 is 21.0 Å². The van der Waals surface area contributed by atoms with E-state index >= 15 is 0 Å². The smallest absolute Gasteiger partial charge is 0.339 e. The molecule has 2 fully saturated rings. The topological polar surface area (TPSA) is 83.8 Å². The third-order valence-electron chi connectivity index (χ3n) is 7.71. The van der Waals surface area contributed by atoms with Gasteiger partial charge in [-0.25, -0.2) is 4.79 Å². The zero-order valence-corrected chi connectivity index (χ0v) is 23.7. The molecule has 1 amide bonds. The molecule has 1 aromatic heterocycles. The summed E-state index contributed by atoms with van der Waals surface area (Å²) in [5.41, 5.74) is 3.96. The van der Waals surface area contributed by atoms with Crippen LogP contribution in [0.5, 0.6) is 5.75 Å². The van der Waals surface area contributed by atoms with Gasteiger partial charge in [0, 0.05) is 36.6 Å². The number of ether oxygens (including phenoxy) is 1. The van der Waals surface area contributed by atoms with Gasteiger partial charge in [-0.1, -0.05) is 6.07 Å². The number of piperidine rings is 2. The molecule has 3 heterocycles. The second-order valence-electron chi connectivity index (χ2n) is 10.7. The number of hydrogen-bond acceptors (Lipinski definition) is 6. The Bertz CT molecular complexity index is 1360. The van der Waals surface area contributed by atoms with Gasteiger partial charge in [-0.05, 0) is 116 Å². The first-order chi connectivity index (χ1) is 18.3. The highest BCUT2D eigenvalue weighted by Gasteiger charge is 2.22. The standard InChI is InChI=1S/C30H36BrN3O4/c1-19-13-22-16-23(30(36)38-28(22)14-20(19)2)17-29(35)33-24-7-11-34(12-8-24)18-21-3-4-27(26(31)15-21)37-25-5-9-32-10-6-25/h3-4,13-16,24-25,32H,5-12,17-18H2,1-2H3,(H,33,35). The van der Waals surface area contributed by atoms with E-state index in [4.69, 9.17) is 9.15 Å². The highest BCUT2D eigenvalue weighted by atomic mass is 79.9. The van der Waals surface area contributed by atoms with Gasteiger partial charge >= 0.3 is 5.63 Å². The first-order valence-electron chi connectivity index (χ1n) is 13.6. The average molecular weight is 583 g/mol. The Hall–Kier alpha value is -2.68. The van der Waals surface area contributed by atoms with E-state index in [0.717, 1.165) is 85.1 Å². The van der Waals surface area contributed by atoms with Gasteiger partial charge in [0.1, 0.15) is 17.4 Å². The molecular formula is C30H36BrN3O4. The molecule has 3 aromatic rings. The third kappa shape index (κ3) is 6.65. The number of likely N-dealkylation sites (tertiary alicyclic amines) is 1. The second kappa shape index (κ2) is 12.0. The molecule has 2 N–H and O–H groups in total. The number of carbonyl (C=O) groups is 1. The SMILES string of the molecule is Cc1cc2cc(CC(=O)NC3CCN(Cc4ccc(OC5CCNCC5)c(Br)c4)CC3)c(=O)oc2cc1C. The number of carbonyl (C=O) groups excluding carboxylic acids is 1. The lowest BCUT2D eigenvalue weighted by Crippen LogP contribution is -2.45. The Balaban J connectivity index is 1.10. The second-order valence-corrected chi connectivity index (χ2v) is 11.5. The van der Waals surface area contributed by atoms with Crippen molar-refractivity contribution < 1.29 is 13.9 Å². The Morgan fingerprint density at radius 1 is 1.08 bits per heavy atom. The number of amides is 1. The van der Waals surface area contributed by atoms with Crippen molar-refractivity contribution in [2.75, 3.05) is 26.2 Å². The van der Waals surface area contributed by atoms with Crippen LogP contribution in [0.3, 0.4) is 0 Å². The monoisotopic (exact) mass is 581 g/mol. The van der Waals surface area contributed by atoms with Gasteiger partial charge in [0.15, 0.2) is 0 Å². The van der Waals surface area contributed by atoms with Crippen molar-refractivity contribution in [1.29, 1.82) is 0 Å². The molecule has 0 saturated carbocycles. The summed E-state index contributed by atoms with van der Waals surface area (Å²) < 4.78 is 12.7. The Morgan fingerprint density at radius 2 is 1.82 bits per heavy atom. The largest absolute Gasteiger partial charge is 0.489 e. The Labute approximate surface area is 232 Å². The molecule has 38 heavy (non-hydrogen) atoms. The minimum absolute atomic E-state index is 0.0330. The van der Waals surface area contributed by atoms with Crippen LogP contribution in [-0.2, 0) is 17.8 Å². The van der Waals surface area contributed by atoms with Crippen molar-refractivity contribution in [1.82, 2.24) is 15.5 Å². The summed E-state index contributed by atoms with van der Waals surface area (Å²) in [7, 11) is 0. The maximum absolute atomic E-state index is 12.7. The fourth-order valence-electron chi connectivity index (χ4n) is 5.32. The Kier molecular flexibility index (Phi) is 8.51. The number of fused-ring (bicyclic) bond motifs is 1. The first kappa shape index (κ1) is 26.9. The van der Waals surface area contributed by atoms with Crippen LogP contribution in [0.25, 0.3) is 11.0 Å². The summed E-state index contributed by atoms with van der Waals surface area (Å²) in [6.07, 6.45) is 4.15. The molecule has 2 aliphatic heterocycles. The van der Waals surface area contributed by atoms with Crippen molar-refractivity contribution in [3.05, 3.63) is 73.5 Å². The number of aryl methyl sites for hydroxylation is 2. The lowest BCUT2D eigenvalue weighted by atomic mass is 10.0. The van der Waals surface area contributed by atoms with E-state index in [1.807, 2.05) is 26.0 Å². The molecule has 0 bridgehead atoms. The molecule has 8 heteroatoms. The van der Waals surface area contributed by atoms with Gasteiger partial charge in [0.25, 0.3) is 0 Å². The summed E-state index contributed by atoms with van der Waals surface area (Å²) in [6.45, 7) is 8.72. The van der Waals surface area contributed by atoms with E-state index in [0.29, 0.717) is 11.1 Å². The molecule has 0 aliphatic carbocycles. The average Bonchev–Trinajstić information content (AvgIpc) is 2.89. The summed E-state index contributed by atoms with van der Waals surface area (Å²) in [6, 6.07) is 12.1. The van der Waals surface area contributed by atoms with E-state index < -0.39 is 5.63 Å². The predicted molar refractivity (Wildman–Crippen MR) is 153 cm³/mol. The number of nitrogens with one attached hydrogen (secondary N) is 2. The zero-order chi connectivity index (χ0) is 26.6. The third-order valence-corrected chi connectivity index (χ3v) is 8.33. The minimum atomic E-state index is -0.441. The van der Waals surface area contributed by atoms with Gasteiger partial charge in [0.2, 0.25) is 5.91 Å². The summed E-state index contributed by atoms with van der Waals surface area (Å²) >= 11 is 3.69. The molecule has 0 radical (unpaired) electrons. The summed E-state index contributed by atoms with van der Waals surface area (Å²) in [5, 5.41) is 7.34. The van der Waals surface area contributed by atoms with Crippen molar-refractivity contribution in [2.24, 2.45) is 0 Å². The number of rotatable bonds is 7. The normalized spacial score (nSPS) is 17.6. The molecular weight excluding hydrogens is 546 g/mol. The molecule has 7 nitrogen and oxygen atoms in total. The van der Waals surface area contributed by atoms with E-state index in [2.05, 4.69) is 49.7 Å². The fraction of sp³-hybridized carbons (Fsp3) is 0.467. The molecule has 5 rings (SSSR count). The lowest BCUT2D eigenvalue weighted by Gasteiger charge is -2.32. The van der Waals surface area contributed by atoms with Crippen molar-refractivity contribution in [3.8, 4) is 5.75 Å². The van der Waals surface area contributed by atoms with E-state index in [-0.39, 0.29) is 24.5 Å². The van der Waals surface area contributed by atoms with Crippen LogP contribution in [0.2, 0.25) is 0 Å². The van der Waals surface area contributed by atoms with Gasteiger partial charge in [0.05, 0.1) is 10.9 Å². The first-order valence-corrected chi connectivity index (χ1v) is 14.3. The molecule has 0 atom stereocenters. The van der Waals surface area contributed by atoms with Crippen molar-refractivity contribution in [3.63, 3.8) is 0 Å². The molecule has 2 aliphatic rings.